The fourth-order valence-electron chi connectivity index (χ4n) is 3.53. The third-order valence-corrected chi connectivity index (χ3v) is 4.95. The molecule has 0 saturated carbocycles. The monoisotopic (exact) mass is 437 g/mol. The Bertz CT molecular complexity index is 1490. The standard InChI is InChI=1S/C21H14F3N7O/c1-11-14(18-27-17(28-29-18)13-8-5-9-25-10-13)20(32)31-19(26-11)15(12-6-3-2-4-7-12)16(30-31)21(22,23)24/h2-10,30H,1H3,(H,27,28,29). The summed E-state index contributed by atoms with van der Waals surface area (Å²) in [6.45, 7) is 1.54. The number of aryl methyl sites for hydroxylation is 1. The molecular weight excluding hydrogens is 423 g/mol. The Morgan fingerprint density at radius 1 is 0.969 bits per heavy atom. The molecule has 1 aromatic carbocycles. The van der Waals surface area contributed by atoms with Gasteiger partial charge in [0.05, 0.1) is 11.3 Å². The predicted octanol–water partition coefficient (Wildman–Crippen LogP) is 3.86. The Kier molecular flexibility index (Phi) is 4.40. The summed E-state index contributed by atoms with van der Waals surface area (Å²) in [7, 11) is 0. The molecule has 0 atom stereocenters. The lowest BCUT2D eigenvalue weighted by Crippen LogP contribution is -2.20. The lowest BCUT2D eigenvalue weighted by molar-refractivity contribution is -0.140. The summed E-state index contributed by atoms with van der Waals surface area (Å²) in [5, 5.41) is 8.96. The number of aromatic amines is 2. The van der Waals surface area contributed by atoms with Gasteiger partial charge in [-0.05, 0) is 24.6 Å². The van der Waals surface area contributed by atoms with Gasteiger partial charge in [-0.25, -0.2) is 9.97 Å². The summed E-state index contributed by atoms with van der Waals surface area (Å²) >= 11 is 0. The van der Waals surface area contributed by atoms with Crippen molar-refractivity contribution in [2.45, 2.75) is 13.1 Å². The van der Waals surface area contributed by atoms with E-state index in [9.17, 15) is 18.0 Å². The second kappa shape index (κ2) is 7.15. The molecule has 32 heavy (non-hydrogen) atoms. The Morgan fingerprint density at radius 3 is 2.41 bits per heavy atom. The number of benzene rings is 1. The van der Waals surface area contributed by atoms with Crippen molar-refractivity contribution >= 4 is 5.65 Å². The third kappa shape index (κ3) is 3.14. The molecule has 4 heterocycles. The van der Waals surface area contributed by atoms with Crippen molar-refractivity contribution in [3.05, 3.63) is 76.6 Å². The molecule has 5 rings (SSSR count). The highest BCUT2D eigenvalue weighted by Gasteiger charge is 2.38. The van der Waals surface area contributed by atoms with Gasteiger partial charge in [-0.1, -0.05) is 30.3 Å². The number of aromatic nitrogens is 7. The van der Waals surface area contributed by atoms with Gasteiger partial charge in [0.25, 0.3) is 5.56 Å². The first-order chi connectivity index (χ1) is 15.3. The zero-order valence-electron chi connectivity index (χ0n) is 16.5. The maximum absolute atomic E-state index is 13.8. The van der Waals surface area contributed by atoms with Gasteiger partial charge in [-0.3, -0.25) is 20.0 Å². The first kappa shape index (κ1) is 19.7. The van der Waals surface area contributed by atoms with Gasteiger partial charge < -0.3 is 0 Å². The van der Waals surface area contributed by atoms with Crippen molar-refractivity contribution in [2.75, 3.05) is 0 Å². The highest BCUT2D eigenvalue weighted by atomic mass is 19.4. The Hall–Kier alpha value is -4.28. The van der Waals surface area contributed by atoms with E-state index in [0.717, 1.165) is 4.52 Å². The largest absolute Gasteiger partial charge is 0.433 e. The van der Waals surface area contributed by atoms with Gasteiger partial charge in [0.1, 0.15) is 11.3 Å². The molecule has 0 unspecified atom stereocenters. The summed E-state index contributed by atoms with van der Waals surface area (Å²) in [5.41, 5.74) is -0.968. The van der Waals surface area contributed by atoms with Crippen molar-refractivity contribution < 1.29 is 13.2 Å². The van der Waals surface area contributed by atoms with Crippen LogP contribution in [0.25, 0.3) is 39.5 Å². The first-order valence-electron chi connectivity index (χ1n) is 9.45. The molecule has 0 radical (unpaired) electrons. The Balaban J connectivity index is 1.75. The van der Waals surface area contributed by atoms with Gasteiger partial charge in [-0.15, -0.1) is 0 Å². The summed E-state index contributed by atoms with van der Waals surface area (Å²) in [6.07, 6.45) is -1.57. The van der Waals surface area contributed by atoms with Crippen molar-refractivity contribution in [3.63, 3.8) is 0 Å². The SMILES string of the molecule is Cc1nc2c(-c3ccccc3)c(C(F)(F)F)[nH]n2c(=O)c1-c1nc(-c2cccnc2)n[nH]1. The van der Waals surface area contributed by atoms with Crippen LogP contribution in [0.1, 0.15) is 11.4 Å². The number of pyridine rings is 1. The highest BCUT2D eigenvalue weighted by molar-refractivity contribution is 5.81. The molecule has 0 aliphatic heterocycles. The molecular formula is C21H14F3N7O. The van der Waals surface area contributed by atoms with E-state index in [-0.39, 0.29) is 33.9 Å². The van der Waals surface area contributed by atoms with E-state index in [1.807, 2.05) is 0 Å². The number of nitrogens with zero attached hydrogens (tertiary/aromatic N) is 5. The summed E-state index contributed by atoms with van der Waals surface area (Å²) in [5.74, 6) is 0.391. The second-order valence-corrected chi connectivity index (χ2v) is 7.01. The van der Waals surface area contributed by atoms with Gasteiger partial charge in [0, 0.05) is 18.0 Å². The number of rotatable bonds is 3. The zero-order chi connectivity index (χ0) is 22.5. The molecule has 0 aliphatic carbocycles. The highest BCUT2D eigenvalue weighted by Crippen LogP contribution is 2.38. The average molecular weight is 437 g/mol. The molecule has 0 aliphatic rings. The predicted molar refractivity (Wildman–Crippen MR) is 110 cm³/mol. The third-order valence-electron chi connectivity index (χ3n) is 4.95. The van der Waals surface area contributed by atoms with E-state index >= 15 is 0 Å². The molecule has 4 aromatic heterocycles. The quantitative estimate of drug-likeness (QED) is 0.446. The maximum Gasteiger partial charge on any atom is 0.433 e. The fourth-order valence-corrected chi connectivity index (χ4v) is 3.53. The van der Waals surface area contributed by atoms with Crippen LogP contribution in [-0.2, 0) is 6.18 Å². The molecule has 0 bridgehead atoms. The van der Waals surface area contributed by atoms with E-state index in [4.69, 9.17) is 0 Å². The Morgan fingerprint density at radius 2 is 1.72 bits per heavy atom. The molecule has 0 saturated heterocycles. The van der Waals surface area contributed by atoms with Crippen molar-refractivity contribution in [1.82, 2.24) is 34.8 Å². The van der Waals surface area contributed by atoms with Crippen LogP contribution in [0.3, 0.4) is 0 Å². The van der Waals surface area contributed by atoms with Crippen LogP contribution >= 0.6 is 0 Å². The van der Waals surface area contributed by atoms with Crippen LogP contribution < -0.4 is 5.56 Å². The number of fused-ring (bicyclic) bond motifs is 1. The van der Waals surface area contributed by atoms with E-state index in [1.54, 1.807) is 42.7 Å². The average Bonchev–Trinajstić information content (AvgIpc) is 3.40. The van der Waals surface area contributed by atoms with Crippen LogP contribution in [0, 0.1) is 6.92 Å². The first-order valence-corrected chi connectivity index (χ1v) is 9.45. The topological polar surface area (TPSA) is 105 Å². The summed E-state index contributed by atoms with van der Waals surface area (Å²) in [6, 6.07) is 11.4. The molecule has 0 amide bonds. The maximum atomic E-state index is 13.8. The minimum Gasteiger partial charge on any atom is -0.284 e. The van der Waals surface area contributed by atoms with Crippen LogP contribution in [0.4, 0.5) is 13.2 Å². The number of hydrogen-bond acceptors (Lipinski definition) is 5. The number of nitrogens with one attached hydrogen (secondary N) is 2. The van der Waals surface area contributed by atoms with Gasteiger partial charge in [0.2, 0.25) is 0 Å². The van der Waals surface area contributed by atoms with Crippen molar-refractivity contribution in [2.24, 2.45) is 0 Å². The number of hydrogen-bond donors (Lipinski definition) is 2. The number of H-pyrrole nitrogens is 2. The number of halogens is 3. The van der Waals surface area contributed by atoms with Gasteiger partial charge in [0.15, 0.2) is 17.3 Å². The van der Waals surface area contributed by atoms with Crippen LogP contribution in [0.5, 0.6) is 0 Å². The van der Waals surface area contributed by atoms with E-state index in [2.05, 4.69) is 30.2 Å². The molecule has 2 N–H and O–H groups in total. The lowest BCUT2D eigenvalue weighted by atomic mass is 10.1. The smallest absolute Gasteiger partial charge is 0.284 e. The van der Waals surface area contributed by atoms with E-state index < -0.39 is 17.4 Å². The van der Waals surface area contributed by atoms with E-state index in [1.165, 1.54) is 19.1 Å². The van der Waals surface area contributed by atoms with E-state index in [0.29, 0.717) is 11.4 Å². The fraction of sp³-hybridized carbons (Fsp3) is 0.0952. The lowest BCUT2D eigenvalue weighted by Gasteiger charge is -2.07. The minimum absolute atomic E-state index is 0.0136. The van der Waals surface area contributed by atoms with Crippen molar-refractivity contribution in [1.29, 1.82) is 0 Å². The summed E-state index contributed by atoms with van der Waals surface area (Å²) in [4.78, 5) is 25.9. The van der Waals surface area contributed by atoms with Crippen LogP contribution in [0.15, 0.2) is 59.7 Å². The van der Waals surface area contributed by atoms with Gasteiger partial charge >= 0.3 is 6.18 Å². The normalized spacial score (nSPS) is 11.9. The second-order valence-electron chi connectivity index (χ2n) is 7.01. The summed E-state index contributed by atoms with van der Waals surface area (Å²) < 4.78 is 42.2. The Labute approximate surface area is 177 Å². The minimum atomic E-state index is -4.72. The number of alkyl halides is 3. The molecule has 0 spiro atoms. The van der Waals surface area contributed by atoms with Crippen LogP contribution in [-0.4, -0.2) is 34.8 Å². The molecule has 8 nitrogen and oxygen atoms in total. The van der Waals surface area contributed by atoms with Crippen LogP contribution in [0.2, 0.25) is 0 Å². The molecule has 11 heteroatoms. The molecule has 0 fully saturated rings. The zero-order valence-corrected chi connectivity index (χ0v) is 16.5. The van der Waals surface area contributed by atoms with Gasteiger partial charge in [-0.2, -0.15) is 22.8 Å². The van der Waals surface area contributed by atoms with Crippen molar-refractivity contribution in [3.8, 4) is 33.9 Å². The molecule has 160 valence electrons. The molecule has 5 aromatic rings.